The molecule has 2 aliphatic rings. The first-order valence-corrected chi connectivity index (χ1v) is 11.0. The van der Waals surface area contributed by atoms with Gasteiger partial charge in [-0.3, -0.25) is 4.79 Å². The minimum Gasteiger partial charge on any atom is -0.352 e. The summed E-state index contributed by atoms with van der Waals surface area (Å²) in [5.74, 6) is 0.891. The number of aromatic nitrogens is 2. The number of hydrogen-bond acceptors (Lipinski definition) is 5. The first-order chi connectivity index (χ1) is 12.1. The number of carbonyl (C=O) groups is 1. The van der Waals surface area contributed by atoms with E-state index in [0.717, 1.165) is 41.5 Å². The fraction of sp³-hybridized carbons (Fsp3) is 0.632. The fourth-order valence-corrected chi connectivity index (χ4v) is 6.32. The molecule has 0 saturated heterocycles. The van der Waals surface area contributed by atoms with Gasteiger partial charge in [0.15, 0.2) is 0 Å². The number of thiophene rings is 1. The SMILES string of the molecule is C[C@@H]1CCc2c(sc3ncnc(S[C@H](C)C(=O)NC4CCCC4)c23)C1. The number of amides is 1. The molecular formula is C19H25N3OS2. The second-order valence-corrected chi connectivity index (χ2v) is 9.87. The molecule has 2 aromatic heterocycles. The Labute approximate surface area is 157 Å². The van der Waals surface area contributed by atoms with Gasteiger partial charge in [-0.05, 0) is 50.5 Å². The van der Waals surface area contributed by atoms with E-state index >= 15 is 0 Å². The van der Waals surface area contributed by atoms with Crippen LogP contribution in [0.2, 0.25) is 0 Å². The van der Waals surface area contributed by atoms with Crippen molar-refractivity contribution < 1.29 is 4.79 Å². The lowest BCUT2D eigenvalue weighted by atomic mass is 9.89. The van der Waals surface area contributed by atoms with Gasteiger partial charge in [0.25, 0.3) is 0 Å². The Hall–Kier alpha value is -1.14. The summed E-state index contributed by atoms with van der Waals surface area (Å²) in [6.45, 7) is 4.31. The molecule has 1 amide bonds. The topological polar surface area (TPSA) is 54.9 Å². The standard InChI is InChI=1S/C19H25N3OS2/c1-11-7-8-14-15(9-11)25-19-16(14)18(20-10-21-19)24-12(2)17(23)22-13-5-3-4-6-13/h10-13H,3-9H2,1-2H3,(H,22,23)/t11-,12-/m1/s1. The molecule has 1 N–H and O–H groups in total. The molecule has 1 saturated carbocycles. The molecule has 25 heavy (non-hydrogen) atoms. The molecule has 0 aliphatic heterocycles. The van der Waals surface area contributed by atoms with Crippen LogP contribution in [0.1, 0.15) is 56.4 Å². The number of hydrogen-bond donors (Lipinski definition) is 1. The van der Waals surface area contributed by atoms with Crippen LogP contribution in [0.4, 0.5) is 0 Å². The summed E-state index contributed by atoms with van der Waals surface area (Å²) < 4.78 is 0. The minimum absolute atomic E-state index is 0.128. The monoisotopic (exact) mass is 375 g/mol. The zero-order valence-corrected chi connectivity index (χ0v) is 16.5. The van der Waals surface area contributed by atoms with E-state index in [2.05, 4.69) is 22.2 Å². The third-order valence-electron chi connectivity index (χ3n) is 5.42. The highest BCUT2D eigenvalue weighted by molar-refractivity contribution is 8.00. The number of fused-ring (bicyclic) bond motifs is 3. The van der Waals surface area contributed by atoms with E-state index in [4.69, 9.17) is 0 Å². The summed E-state index contributed by atoms with van der Waals surface area (Å²) in [5, 5.41) is 5.27. The van der Waals surface area contributed by atoms with Crippen LogP contribution in [-0.2, 0) is 17.6 Å². The Morgan fingerprint density at radius 3 is 2.92 bits per heavy atom. The van der Waals surface area contributed by atoms with Gasteiger partial charge < -0.3 is 5.32 Å². The van der Waals surface area contributed by atoms with Gasteiger partial charge in [0.2, 0.25) is 5.91 Å². The van der Waals surface area contributed by atoms with Crippen LogP contribution in [-0.4, -0.2) is 27.2 Å². The second kappa shape index (κ2) is 7.23. The number of thioether (sulfide) groups is 1. The molecular weight excluding hydrogens is 350 g/mol. The Balaban J connectivity index is 1.55. The van der Waals surface area contributed by atoms with Crippen molar-refractivity contribution in [3.63, 3.8) is 0 Å². The van der Waals surface area contributed by atoms with Crippen LogP contribution in [0.5, 0.6) is 0 Å². The average molecular weight is 376 g/mol. The average Bonchev–Trinajstić information content (AvgIpc) is 3.21. The molecule has 0 radical (unpaired) electrons. The molecule has 2 aromatic rings. The molecule has 4 rings (SSSR count). The largest absolute Gasteiger partial charge is 0.352 e. The van der Waals surface area contributed by atoms with E-state index in [-0.39, 0.29) is 11.2 Å². The van der Waals surface area contributed by atoms with Crippen molar-refractivity contribution in [2.24, 2.45) is 5.92 Å². The Morgan fingerprint density at radius 1 is 1.32 bits per heavy atom. The second-order valence-electron chi connectivity index (χ2n) is 7.46. The van der Waals surface area contributed by atoms with Crippen molar-refractivity contribution >= 4 is 39.2 Å². The zero-order valence-electron chi connectivity index (χ0n) is 14.9. The van der Waals surface area contributed by atoms with Crippen LogP contribution < -0.4 is 5.32 Å². The van der Waals surface area contributed by atoms with E-state index in [1.807, 2.05) is 18.3 Å². The van der Waals surface area contributed by atoms with Gasteiger partial charge in [-0.1, -0.05) is 31.5 Å². The Morgan fingerprint density at radius 2 is 2.12 bits per heavy atom. The molecule has 0 aromatic carbocycles. The van der Waals surface area contributed by atoms with Crippen molar-refractivity contribution in [2.75, 3.05) is 0 Å². The van der Waals surface area contributed by atoms with Crippen molar-refractivity contribution in [3.05, 3.63) is 16.8 Å². The Kier molecular flexibility index (Phi) is 5.00. The maximum atomic E-state index is 12.5. The van der Waals surface area contributed by atoms with Crippen LogP contribution in [0.15, 0.2) is 11.4 Å². The summed E-state index contributed by atoms with van der Waals surface area (Å²) in [6, 6.07) is 0.372. The summed E-state index contributed by atoms with van der Waals surface area (Å²) in [4.78, 5) is 24.1. The molecule has 1 fully saturated rings. The van der Waals surface area contributed by atoms with Crippen LogP contribution in [0.25, 0.3) is 10.2 Å². The predicted molar refractivity (Wildman–Crippen MR) is 104 cm³/mol. The zero-order chi connectivity index (χ0) is 17.4. The molecule has 2 heterocycles. The lowest BCUT2D eigenvalue weighted by Gasteiger charge is -2.19. The number of nitrogens with one attached hydrogen (secondary N) is 1. The van der Waals surface area contributed by atoms with Gasteiger partial charge in [0.1, 0.15) is 16.2 Å². The maximum Gasteiger partial charge on any atom is 0.233 e. The normalized spacial score (nSPS) is 22.1. The van der Waals surface area contributed by atoms with Crippen molar-refractivity contribution in [1.29, 1.82) is 0 Å². The summed E-state index contributed by atoms with van der Waals surface area (Å²) in [5.41, 5.74) is 1.43. The lowest BCUT2D eigenvalue weighted by molar-refractivity contribution is -0.120. The minimum atomic E-state index is -0.128. The van der Waals surface area contributed by atoms with Crippen molar-refractivity contribution in [1.82, 2.24) is 15.3 Å². The molecule has 0 bridgehead atoms. The summed E-state index contributed by atoms with van der Waals surface area (Å²) in [7, 11) is 0. The molecule has 6 heteroatoms. The third-order valence-corrected chi connectivity index (χ3v) is 7.68. The Bertz CT molecular complexity index is 782. The van der Waals surface area contributed by atoms with Crippen molar-refractivity contribution in [3.8, 4) is 0 Å². The summed E-state index contributed by atoms with van der Waals surface area (Å²) >= 11 is 3.40. The number of nitrogens with zero attached hydrogens (tertiary/aromatic N) is 2. The van der Waals surface area contributed by atoms with Crippen LogP contribution >= 0.6 is 23.1 Å². The molecule has 2 atom stereocenters. The molecule has 4 nitrogen and oxygen atoms in total. The number of aryl methyl sites for hydroxylation is 1. The quantitative estimate of drug-likeness (QED) is 0.637. The highest BCUT2D eigenvalue weighted by Gasteiger charge is 2.26. The van der Waals surface area contributed by atoms with Gasteiger partial charge in [-0.2, -0.15) is 0 Å². The first-order valence-electron chi connectivity index (χ1n) is 9.34. The van der Waals surface area contributed by atoms with E-state index < -0.39 is 0 Å². The fourth-order valence-electron chi connectivity index (χ4n) is 3.95. The number of carbonyl (C=O) groups excluding carboxylic acids is 1. The van der Waals surface area contributed by atoms with Gasteiger partial charge in [0, 0.05) is 16.3 Å². The van der Waals surface area contributed by atoms with E-state index in [0.29, 0.717) is 6.04 Å². The van der Waals surface area contributed by atoms with Gasteiger partial charge >= 0.3 is 0 Å². The van der Waals surface area contributed by atoms with E-state index in [1.54, 1.807) is 18.1 Å². The highest BCUT2D eigenvalue weighted by atomic mass is 32.2. The molecule has 2 aliphatic carbocycles. The van der Waals surface area contributed by atoms with Gasteiger partial charge in [-0.25, -0.2) is 9.97 Å². The van der Waals surface area contributed by atoms with Crippen molar-refractivity contribution in [2.45, 2.75) is 75.1 Å². The first kappa shape index (κ1) is 17.3. The predicted octanol–water partition coefficient (Wildman–Crippen LogP) is 4.36. The van der Waals surface area contributed by atoms with Crippen LogP contribution in [0, 0.1) is 5.92 Å². The van der Waals surface area contributed by atoms with Gasteiger partial charge in [-0.15, -0.1) is 11.3 Å². The maximum absolute atomic E-state index is 12.5. The smallest absolute Gasteiger partial charge is 0.233 e. The third kappa shape index (κ3) is 3.56. The number of rotatable bonds is 4. The molecule has 0 spiro atoms. The van der Waals surface area contributed by atoms with Crippen LogP contribution in [0.3, 0.4) is 0 Å². The lowest BCUT2D eigenvalue weighted by Crippen LogP contribution is -2.37. The molecule has 0 unspecified atom stereocenters. The van der Waals surface area contributed by atoms with E-state index in [9.17, 15) is 4.79 Å². The molecule has 134 valence electrons. The van der Waals surface area contributed by atoms with Gasteiger partial charge in [0.05, 0.1) is 5.25 Å². The summed E-state index contributed by atoms with van der Waals surface area (Å²) in [6.07, 6.45) is 9.86. The highest BCUT2D eigenvalue weighted by Crippen LogP contribution is 2.41. The van der Waals surface area contributed by atoms with E-state index in [1.165, 1.54) is 35.1 Å².